The number of hydrogen-bond donors (Lipinski definition) is 0. The van der Waals surface area contributed by atoms with Crippen molar-refractivity contribution < 1.29 is 40.4 Å². The van der Waals surface area contributed by atoms with Gasteiger partial charge >= 0.3 is 18.0 Å². The van der Waals surface area contributed by atoms with E-state index in [4.69, 9.17) is 4.74 Å². The molecule has 0 saturated heterocycles. The molecule has 4 nitrogen and oxygen atoms in total. The van der Waals surface area contributed by atoms with Crippen molar-refractivity contribution in [3.8, 4) is 0 Å². The zero-order valence-corrected chi connectivity index (χ0v) is 12.3. The summed E-state index contributed by atoms with van der Waals surface area (Å²) in [7, 11) is 0.820. The van der Waals surface area contributed by atoms with Gasteiger partial charge in [-0.15, -0.1) is 0 Å². The van der Waals surface area contributed by atoms with Crippen molar-refractivity contribution in [2.24, 2.45) is 0 Å². The summed E-state index contributed by atoms with van der Waals surface area (Å²) in [5, 5.41) is 10.7. The second-order valence-electron chi connectivity index (χ2n) is 5.20. The van der Waals surface area contributed by atoms with Gasteiger partial charge in [0.05, 0.1) is 16.9 Å². The summed E-state index contributed by atoms with van der Waals surface area (Å²) in [5.74, 6) is -11.8. The quantitative estimate of drug-likeness (QED) is 0.419. The van der Waals surface area contributed by atoms with E-state index in [0.29, 0.717) is 0 Å². The van der Waals surface area contributed by atoms with Crippen LogP contribution in [-0.2, 0) is 10.3 Å². The fourth-order valence-corrected chi connectivity index (χ4v) is 1.98. The van der Waals surface area contributed by atoms with Gasteiger partial charge in [-0.2, -0.15) is 30.7 Å². The first-order valence-corrected chi connectivity index (χ1v) is 6.30. The molecule has 0 saturated carbocycles. The number of benzene rings is 1. The third-order valence-corrected chi connectivity index (χ3v) is 3.49. The average Bonchev–Trinajstić information content (AvgIpc) is 2.45. The molecule has 0 aliphatic heterocycles. The molecule has 0 spiro atoms. The van der Waals surface area contributed by atoms with E-state index in [0.717, 1.165) is 38.3 Å². The molecule has 11 heteroatoms. The lowest BCUT2D eigenvalue weighted by Crippen LogP contribution is -2.54. The average molecular weight is 363 g/mol. The topological polar surface area (TPSA) is 52.4 Å². The standard InChI is InChI=1S/C13H12F7NO3/c1-10(24-2,8-4-3-5-9(6-8)21(22)23)7-11(14,15)12(16,17)13(18,19)20/h3-6H,7H2,1-2H3. The van der Waals surface area contributed by atoms with Gasteiger partial charge in [-0.3, -0.25) is 10.1 Å². The van der Waals surface area contributed by atoms with Crippen LogP contribution in [0.4, 0.5) is 36.4 Å². The van der Waals surface area contributed by atoms with Gasteiger partial charge in [0.15, 0.2) is 0 Å². The van der Waals surface area contributed by atoms with E-state index in [1.54, 1.807) is 0 Å². The number of hydrogen-bond acceptors (Lipinski definition) is 3. The molecule has 1 aromatic carbocycles. The molecule has 1 rings (SSSR count). The van der Waals surface area contributed by atoms with Gasteiger partial charge in [-0.1, -0.05) is 12.1 Å². The molecule has 0 radical (unpaired) electrons. The van der Waals surface area contributed by atoms with E-state index >= 15 is 0 Å². The van der Waals surface area contributed by atoms with Gasteiger partial charge < -0.3 is 4.74 Å². The fourth-order valence-electron chi connectivity index (χ4n) is 1.98. The van der Waals surface area contributed by atoms with Crippen molar-refractivity contribution in [1.82, 2.24) is 0 Å². The van der Waals surface area contributed by atoms with Crippen LogP contribution >= 0.6 is 0 Å². The molecule has 0 N–H and O–H groups in total. The molecule has 0 amide bonds. The summed E-state index contributed by atoms with van der Waals surface area (Å²) >= 11 is 0. The lowest BCUT2D eigenvalue weighted by molar-refractivity contribution is -0.385. The third kappa shape index (κ3) is 3.60. The summed E-state index contributed by atoms with van der Waals surface area (Å²) < 4.78 is 94.8. The molecule has 0 aliphatic carbocycles. The summed E-state index contributed by atoms with van der Waals surface area (Å²) in [4.78, 5) is 9.82. The normalized spacial score (nSPS) is 15.9. The van der Waals surface area contributed by atoms with Crippen LogP contribution in [0, 0.1) is 10.1 Å². The summed E-state index contributed by atoms with van der Waals surface area (Å²) in [6, 6.07) is 3.90. The van der Waals surface area contributed by atoms with E-state index in [2.05, 4.69) is 0 Å². The van der Waals surface area contributed by atoms with Gasteiger partial charge in [0.1, 0.15) is 0 Å². The highest BCUT2D eigenvalue weighted by Gasteiger charge is 2.73. The monoisotopic (exact) mass is 363 g/mol. The largest absolute Gasteiger partial charge is 0.459 e. The van der Waals surface area contributed by atoms with Crippen molar-refractivity contribution in [1.29, 1.82) is 0 Å². The van der Waals surface area contributed by atoms with Crippen LogP contribution in [0.5, 0.6) is 0 Å². The summed E-state index contributed by atoms with van der Waals surface area (Å²) in [6.45, 7) is 0.840. The van der Waals surface area contributed by atoms with Crippen LogP contribution < -0.4 is 0 Å². The van der Waals surface area contributed by atoms with Gasteiger partial charge in [-0.05, 0) is 12.5 Å². The Labute approximate surface area is 131 Å². The first-order chi connectivity index (χ1) is 10.7. The maximum Gasteiger partial charge on any atom is 0.459 e. The van der Waals surface area contributed by atoms with Gasteiger partial charge in [0.2, 0.25) is 0 Å². The SMILES string of the molecule is COC(C)(CC(F)(F)C(F)(F)C(F)(F)F)c1cccc([N+](=O)[O-])c1. The molecule has 0 aliphatic rings. The number of methoxy groups -OCH3 is 1. The number of nitrogens with zero attached hydrogens (tertiary/aromatic N) is 1. The number of rotatable bonds is 6. The molecular weight excluding hydrogens is 351 g/mol. The van der Waals surface area contributed by atoms with Crippen molar-refractivity contribution in [2.75, 3.05) is 7.11 Å². The molecular formula is C13H12F7NO3. The number of halogens is 7. The van der Waals surface area contributed by atoms with Crippen molar-refractivity contribution in [3.63, 3.8) is 0 Å². The van der Waals surface area contributed by atoms with Gasteiger partial charge in [0, 0.05) is 19.2 Å². The van der Waals surface area contributed by atoms with Crippen LogP contribution in [0.1, 0.15) is 18.9 Å². The van der Waals surface area contributed by atoms with E-state index < -0.39 is 40.7 Å². The van der Waals surface area contributed by atoms with E-state index in [9.17, 15) is 40.8 Å². The summed E-state index contributed by atoms with van der Waals surface area (Å²) in [5.41, 5.74) is -3.21. The molecule has 1 aromatic rings. The predicted octanol–water partition coefficient (Wildman–Crippen LogP) is 4.68. The van der Waals surface area contributed by atoms with Gasteiger partial charge in [-0.25, -0.2) is 0 Å². The van der Waals surface area contributed by atoms with Crippen LogP contribution in [0.3, 0.4) is 0 Å². The van der Waals surface area contributed by atoms with E-state index in [1.165, 1.54) is 0 Å². The maximum atomic E-state index is 13.6. The Morgan fingerprint density at radius 1 is 1.12 bits per heavy atom. The van der Waals surface area contributed by atoms with Crippen LogP contribution in [-0.4, -0.2) is 30.1 Å². The lowest BCUT2D eigenvalue weighted by atomic mass is 9.87. The number of nitro groups is 1. The number of ether oxygens (including phenoxy) is 1. The van der Waals surface area contributed by atoms with Crippen LogP contribution in [0.2, 0.25) is 0 Å². The second-order valence-corrected chi connectivity index (χ2v) is 5.20. The Morgan fingerprint density at radius 2 is 1.67 bits per heavy atom. The molecule has 1 atom stereocenters. The number of alkyl halides is 7. The Balaban J connectivity index is 3.30. The van der Waals surface area contributed by atoms with Crippen molar-refractivity contribution in [3.05, 3.63) is 39.9 Å². The Kier molecular flexibility index (Phi) is 5.19. The van der Waals surface area contributed by atoms with Crippen LogP contribution in [0.25, 0.3) is 0 Å². The number of non-ortho nitro benzene ring substituents is 1. The molecule has 0 heterocycles. The van der Waals surface area contributed by atoms with E-state index in [-0.39, 0.29) is 5.56 Å². The minimum absolute atomic E-state index is 0.336. The predicted molar refractivity (Wildman–Crippen MR) is 68.0 cm³/mol. The molecule has 136 valence electrons. The molecule has 0 bridgehead atoms. The Hall–Kier alpha value is -1.91. The highest BCUT2D eigenvalue weighted by atomic mass is 19.4. The smallest absolute Gasteiger partial charge is 0.374 e. The zero-order valence-electron chi connectivity index (χ0n) is 12.3. The second kappa shape index (κ2) is 6.19. The molecule has 0 aromatic heterocycles. The van der Waals surface area contributed by atoms with Gasteiger partial charge in [0.25, 0.3) is 5.69 Å². The highest BCUT2D eigenvalue weighted by Crippen LogP contribution is 2.51. The molecule has 0 fully saturated rings. The maximum absolute atomic E-state index is 13.6. The first-order valence-electron chi connectivity index (χ1n) is 6.30. The molecule has 24 heavy (non-hydrogen) atoms. The van der Waals surface area contributed by atoms with Crippen molar-refractivity contribution >= 4 is 5.69 Å². The minimum Gasteiger partial charge on any atom is -0.374 e. The third-order valence-electron chi connectivity index (χ3n) is 3.49. The van der Waals surface area contributed by atoms with Crippen molar-refractivity contribution in [2.45, 2.75) is 37.0 Å². The van der Waals surface area contributed by atoms with Crippen LogP contribution in [0.15, 0.2) is 24.3 Å². The number of nitro benzene ring substituents is 1. The summed E-state index contributed by atoms with van der Waals surface area (Å²) in [6.07, 6.45) is -8.50. The highest BCUT2D eigenvalue weighted by molar-refractivity contribution is 5.37. The zero-order chi connectivity index (χ0) is 19.0. The Bertz CT molecular complexity index is 618. The Morgan fingerprint density at radius 3 is 2.08 bits per heavy atom. The first kappa shape index (κ1) is 20.1. The molecule has 1 unspecified atom stereocenters. The fraction of sp³-hybridized carbons (Fsp3) is 0.538. The minimum atomic E-state index is -6.46. The van der Waals surface area contributed by atoms with E-state index in [1.807, 2.05) is 0 Å². The lowest BCUT2D eigenvalue weighted by Gasteiger charge is -2.36.